The molecule has 0 heterocycles. The molecule has 0 spiro atoms. The van der Waals surface area contributed by atoms with Crippen molar-refractivity contribution in [1.82, 2.24) is 0 Å². The maximum atomic E-state index is 8.31. The summed E-state index contributed by atoms with van der Waals surface area (Å²) in [7, 11) is 1.77. The smallest absolute Gasteiger partial charge is 0.122 e. The quantitative estimate of drug-likeness (QED) is 0.133. The van der Waals surface area contributed by atoms with E-state index in [4.69, 9.17) is 9.94 Å². The maximum absolute atomic E-state index is 8.31. The van der Waals surface area contributed by atoms with E-state index in [9.17, 15) is 0 Å². The van der Waals surface area contributed by atoms with Crippen LogP contribution in [0.15, 0.2) is 23.4 Å². The van der Waals surface area contributed by atoms with Gasteiger partial charge in [0.05, 0.1) is 7.11 Å². The van der Waals surface area contributed by atoms with Crippen molar-refractivity contribution in [2.24, 2.45) is 5.16 Å². The third-order valence-electron chi connectivity index (χ3n) is 5.30. The fourth-order valence-corrected chi connectivity index (χ4v) is 3.66. The van der Waals surface area contributed by atoms with Crippen LogP contribution in [0.2, 0.25) is 0 Å². The summed E-state index contributed by atoms with van der Waals surface area (Å²) < 4.78 is 5.47. The highest BCUT2D eigenvalue weighted by molar-refractivity contribution is 5.55. The summed E-state index contributed by atoms with van der Waals surface area (Å²) in [6, 6.07) is 6.48. The number of benzene rings is 1. The van der Waals surface area contributed by atoms with E-state index in [0.29, 0.717) is 0 Å². The summed E-state index contributed by atoms with van der Waals surface area (Å²) in [5.41, 5.74) is 2.68. The molecule has 0 saturated heterocycles. The van der Waals surface area contributed by atoms with Crippen molar-refractivity contribution in [2.45, 2.75) is 103 Å². The van der Waals surface area contributed by atoms with Gasteiger partial charge in [-0.2, -0.15) is 0 Å². The van der Waals surface area contributed by atoms with E-state index in [1.165, 1.54) is 88.2 Å². The molecule has 0 saturated carbocycles. The van der Waals surface area contributed by atoms with Gasteiger partial charge in [0.15, 0.2) is 0 Å². The van der Waals surface area contributed by atoms with E-state index in [2.05, 4.69) is 30.3 Å². The van der Waals surface area contributed by atoms with Crippen molar-refractivity contribution in [3.8, 4) is 5.75 Å². The Labute approximate surface area is 167 Å². The lowest BCUT2D eigenvalue weighted by atomic mass is 10.0. The molecule has 0 aliphatic rings. The second-order valence-electron chi connectivity index (χ2n) is 7.75. The molecule has 0 aromatic heterocycles. The first-order valence-electron chi connectivity index (χ1n) is 11.1. The first-order valence-corrected chi connectivity index (χ1v) is 11.1. The van der Waals surface area contributed by atoms with E-state index in [1.807, 2.05) is 0 Å². The SMILES string of the molecule is COc1ccc(C)cc1CCCCCCCCCCCCCCCC=NO. The average Bonchev–Trinajstić information content (AvgIpc) is 2.68. The highest BCUT2D eigenvalue weighted by Gasteiger charge is 2.03. The van der Waals surface area contributed by atoms with Gasteiger partial charge in [-0.3, -0.25) is 0 Å². The number of aryl methyl sites for hydroxylation is 2. The summed E-state index contributed by atoms with van der Waals surface area (Å²) >= 11 is 0. The van der Waals surface area contributed by atoms with Crippen LogP contribution in [0.3, 0.4) is 0 Å². The molecule has 3 nitrogen and oxygen atoms in total. The lowest BCUT2D eigenvalue weighted by molar-refractivity contribution is 0.320. The molecule has 1 rings (SSSR count). The van der Waals surface area contributed by atoms with E-state index >= 15 is 0 Å². The van der Waals surface area contributed by atoms with Gasteiger partial charge in [0.2, 0.25) is 0 Å². The molecule has 0 atom stereocenters. The number of hydrogen-bond acceptors (Lipinski definition) is 3. The molecule has 0 amide bonds. The van der Waals surface area contributed by atoms with E-state index < -0.39 is 0 Å². The van der Waals surface area contributed by atoms with Crippen LogP contribution in [0, 0.1) is 6.92 Å². The molecule has 0 radical (unpaired) electrons. The number of ether oxygens (including phenoxy) is 1. The minimum atomic E-state index is 0.912. The van der Waals surface area contributed by atoms with E-state index in [0.717, 1.165) is 25.0 Å². The Bertz CT molecular complexity index is 499. The van der Waals surface area contributed by atoms with Crippen LogP contribution in [0.4, 0.5) is 0 Å². The minimum Gasteiger partial charge on any atom is -0.496 e. The Morgan fingerprint density at radius 1 is 0.815 bits per heavy atom. The molecule has 0 aliphatic carbocycles. The summed E-state index contributed by atoms with van der Waals surface area (Å²) in [6.45, 7) is 2.15. The fraction of sp³-hybridized carbons (Fsp3) is 0.708. The predicted octanol–water partition coefficient (Wildman–Crippen LogP) is 7.47. The Kier molecular flexibility index (Phi) is 14.5. The number of methoxy groups -OCH3 is 1. The number of hydrogen-bond donors (Lipinski definition) is 1. The summed E-state index contributed by atoms with van der Waals surface area (Å²) in [5.74, 6) is 1.04. The summed E-state index contributed by atoms with van der Waals surface area (Å²) in [6.07, 6.45) is 21.1. The van der Waals surface area contributed by atoms with Crippen LogP contribution in [-0.2, 0) is 6.42 Å². The first-order chi connectivity index (χ1) is 13.3. The summed E-state index contributed by atoms with van der Waals surface area (Å²) in [5, 5.41) is 11.3. The van der Waals surface area contributed by atoms with Gasteiger partial charge in [-0.25, -0.2) is 0 Å². The number of oxime groups is 1. The highest BCUT2D eigenvalue weighted by atomic mass is 16.5. The monoisotopic (exact) mass is 375 g/mol. The van der Waals surface area contributed by atoms with Gasteiger partial charge in [-0.05, 0) is 44.2 Å². The third kappa shape index (κ3) is 12.5. The zero-order valence-corrected chi connectivity index (χ0v) is 17.7. The largest absolute Gasteiger partial charge is 0.496 e. The lowest BCUT2D eigenvalue weighted by Crippen LogP contribution is -1.93. The predicted molar refractivity (Wildman–Crippen MR) is 116 cm³/mol. The van der Waals surface area contributed by atoms with Gasteiger partial charge in [-0.15, -0.1) is 5.16 Å². The number of rotatable bonds is 17. The molecule has 0 fully saturated rings. The van der Waals surface area contributed by atoms with Crippen LogP contribution in [0.25, 0.3) is 0 Å². The average molecular weight is 376 g/mol. The molecule has 3 heteroatoms. The fourth-order valence-electron chi connectivity index (χ4n) is 3.66. The first kappa shape index (κ1) is 23.5. The van der Waals surface area contributed by atoms with Gasteiger partial charge in [0, 0.05) is 6.21 Å². The van der Waals surface area contributed by atoms with Gasteiger partial charge in [0.1, 0.15) is 5.75 Å². The van der Waals surface area contributed by atoms with Crippen LogP contribution in [0.1, 0.15) is 101 Å². The molecule has 1 aromatic rings. The molecular weight excluding hydrogens is 334 g/mol. The van der Waals surface area contributed by atoms with E-state index in [-0.39, 0.29) is 0 Å². The third-order valence-corrected chi connectivity index (χ3v) is 5.30. The van der Waals surface area contributed by atoms with Crippen molar-refractivity contribution in [1.29, 1.82) is 0 Å². The van der Waals surface area contributed by atoms with Gasteiger partial charge >= 0.3 is 0 Å². The molecule has 0 aliphatic heterocycles. The molecule has 27 heavy (non-hydrogen) atoms. The van der Waals surface area contributed by atoms with Crippen molar-refractivity contribution in [2.75, 3.05) is 7.11 Å². The molecule has 1 N–H and O–H groups in total. The minimum absolute atomic E-state index is 0.912. The van der Waals surface area contributed by atoms with Crippen LogP contribution in [0.5, 0.6) is 5.75 Å². The molecular formula is C24H41NO2. The van der Waals surface area contributed by atoms with Crippen molar-refractivity contribution in [3.05, 3.63) is 29.3 Å². The van der Waals surface area contributed by atoms with Crippen molar-refractivity contribution >= 4 is 6.21 Å². The lowest BCUT2D eigenvalue weighted by Gasteiger charge is -2.09. The molecule has 0 unspecified atom stereocenters. The Balaban J connectivity index is 1.86. The molecule has 0 bridgehead atoms. The second kappa shape index (κ2) is 16.6. The topological polar surface area (TPSA) is 41.8 Å². The maximum Gasteiger partial charge on any atom is 0.122 e. The van der Waals surface area contributed by atoms with Crippen LogP contribution < -0.4 is 4.74 Å². The molecule has 1 aromatic carbocycles. The standard InChI is InChI=1S/C24H41NO2/c1-22-18-19-24(27-2)23(21-22)17-15-13-11-9-7-5-3-4-6-8-10-12-14-16-20-25-26/h18-21,26H,3-17H2,1-2H3. The van der Waals surface area contributed by atoms with Crippen LogP contribution >= 0.6 is 0 Å². The zero-order valence-electron chi connectivity index (χ0n) is 17.7. The van der Waals surface area contributed by atoms with Crippen molar-refractivity contribution in [3.63, 3.8) is 0 Å². The Hall–Kier alpha value is -1.51. The molecule has 154 valence electrons. The van der Waals surface area contributed by atoms with Gasteiger partial charge in [-0.1, -0.05) is 88.3 Å². The normalized spacial score (nSPS) is 11.3. The van der Waals surface area contributed by atoms with Gasteiger partial charge < -0.3 is 9.94 Å². The van der Waals surface area contributed by atoms with Crippen molar-refractivity contribution < 1.29 is 9.94 Å². The zero-order chi connectivity index (χ0) is 19.6. The Morgan fingerprint density at radius 3 is 1.85 bits per heavy atom. The number of nitrogens with zero attached hydrogens (tertiary/aromatic N) is 1. The van der Waals surface area contributed by atoms with Gasteiger partial charge in [0.25, 0.3) is 0 Å². The second-order valence-corrected chi connectivity index (χ2v) is 7.75. The number of unbranched alkanes of at least 4 members (excludes halogenated alkanes) is 13. The van der Waals surface area contributed by atoms with Crippen LogP contribution in [-0.4, -0.2) is 18.5 Å². The summed E-state index contributed by atoms with van der Waals surface area (Å²) in [4.78, 5) is 0. The highest BCUT2D eigenvalue weighted by Crippen LogP contribution is 2.22. The van der Waals surface area contributed by atoms with E-state index in [1.54, 1.807) is 13.3 Å². The Morgan fingerprint density at radius 2 is 1.33 bits per heavy atom.